The molecule has 0 radical (unpaired) electrons. The molecule has 110 valence electrons. The molecule has 0 spiro atoms. The number of carboxylic acids is 1. The number of rotatable bonds is 4. The quantitative estimate of drug-likeness (QED) is 0.366. The molecule has 0 saturated carbocycles. The van der Waals surface area contributed by atoms with Gasteiger partial charge in [0.15, 0.2) is 12.3 Å². The molecule has 1 aliphatic heterocycles. The Kier molecular flexibility index (Phi) is 5.20. The Bertz CT molecular complexity index is 346. The number of nitrogens with one attached hydrogen (secondary N) is 1. The molecule has 1 saturated heterocycles. The van der Waals surface area contributed by atoms with Gasteiger partial charge in [0.25, 0.3) is 0 Å². The molecule has 0 aromatic carbocycles. The van der Waals surface area contributed by atoms with E-state index in [1.807, 2.05) is 0 Å². The van der Waals surface area contributed by atoms with Gasteiger partial charge in [0.1, 0.15) is 24.4 Å². The Morgan fingerprint density at radius 2 is 1.79 bits per heavy atom. The molecule has 0 unspecified atom stereocenters. The van der Waals surface area contributed by atoms with Crippen molar-refractivity contribution < 1.29 is 39.5 Å². The Morgan fingerprint density at radius 1 is 1.21 bits per heavy atom. The van der Waals surface area contributed by atoms with Crippen LogP contribution in [0.3, 0.4) is 0 Å². The van der Waals surface area contributed by atoms with Gasteiger partial charge in [-0.25, -0.2) is 4.79 Å². The van der Waals surface area contributed by atoms with Gasteiger partial charge in [-0.2, -0.15) is 0 Å². The fraction of sp³-hybridized carbons (Fsp3) is 0.800. The smallest absolute Gasteiger partial charge is 0.329 e. The number of amides is 1. The lowest BCUT2D eigenvalue weighted by molar-refractivity contribution is -0.293. The van der Waals surface area contributed by atoms with E-state index in [9.17, 15) is 24.9 Å². The summed E-state index contributed by atoms with van der Waals surface area (Å²) in [5, 5.41) is 40.0. The highest BCUT2D eigenvalue weighted by Crippen LogP contribution is 2.24. The third-order valence-corrected chi connectivity index (χ3v) is 2.79. The van der Waals surface area contributed by atoms with E-state index in [2.05, 4.69) is 5.32 Å². The Balaban J connectivity index is 2.94. The molecule has 1 fully saturated rings. The van der Waals surface area contributed by atoms with Crippen LogP contribution in [-0.4, -0.2) is 76.2 Å². The Labute approximate surface area is 108 Å². The van der Waals surface area contributed by atoms with E-state index in [0.29, 0.717) is 0 Å². The molecular weight excluding hydrogens is 262 g/mol. The van der Waals surface area contributed by atoms with E-state index in [1.54, 1.807) is 0 Å². The average molecular weight is 279 g/mol. The first-order valence-electron chi connectivity index (χ1n) is 5.52. The van der Waals surface area contributed by atoms with Gasteiger partial charge < -0.3 is 35.2 Å². The summed E-state index contributed by atoms with van der Waals surface area (Å²) in [6.45, 7) is 1.10. The van der Waals surface area contributed by atoms with Crippen LogP contribution in [0.5, 0.6) is 0 Å². The van der Waals surface area contributed by atoms with Crippen molar-refractivity contribution in [2.24, 2.45) is 0 Å². The molecule has 9 heteroatoms. The van der Waals surface area contributed by atoms with Crippen molar-refractivity contribution in [1.82, 2.24) is 5.32 Å². The first kappa shape index (κ1) is 15.8. The highest BCUT2D eigenvalue weighted by Gasteiger charge is 2.49. The monoisotopic (exact) mass is 279 g/mol. The summed E-state index contributed by atoms with van der Waals surface area (Å²) in [5.74, 6) is -2.09. The Morgan fingerprint density at radius 3 is 2.21 bits per heavy atom. The molecule has 1 rings (SSSR count). The fourth-order valence-corrected chi connectivity index (χ4v) is 1.85. The molecule has 1 heterocycles. The maximum absolute atomic E-state index is 11.1. The third kappa shape index (κ3) is 3.39. The van der Waals surface area contributed by atoms with Crippen LogP contribution in [0.4, 0.5) is 0 Å². The zero-order valence-electron chi connectivity index (χ0n) is 10.4. The van der Waals surface area contributed by atoms with Crippen molar-refractivity contribution >= 4 is 11.9 Å². The minimum absolute atomic E-state index is 0.641. The number of carbonyl (C=O) groups excluding carboxylic acids is 1. The third-order valence-electron chi connectivity index (χ3n) is 2.79. The van der Waals surface area contributed by atoms with Crippen LogP contribution in [-0.2, 0) is 19.1 Å². The van der Waals surface area contributed by atoms with Crippen molar-refractivity contribution in [2.75, 3.05) is 7.11 Å². The molecule has 0 aromatic heterocycles. The first-order chi connectivity index (χ1) is 8.79. The predicted molar refractivity (Wildman–Crippen MR) is 58.9 cm³/mol. The van der Waals surface area contributed by atoms with E-state index in [0.717, 1.165) is 6.92 Å². The number of aliphatic carboxylic acids is 1. The highest BCUT2D eigenvalue weighted by molar-refractivity contribution is 5.82. The van der Waals surface area contributed by atoms with Crippen molar-refractivity contribution in [2.45, 2.75) is 43.7 Å². The molecule has 19 heavy (non-hydrogen) atoms. The van der Waals surface area contributed by atoms with Gasteiger partial charge in [-0.1, -0.05) is 0 Å². The summed E-state index contributed by atoms with van der Waals surface area (Å²) in [6.07, 6.45) is -7.62. The normalized spacial score (nSPS) is 36.6. The zero-order chi connectivity index (χ0) is 14.7. The lowest BCUT2D eigenvalue weighted by Crippen LogP contribution is -2.65. The van der Waals surface area contributed by atoms with Crippen molar-refractivity contribution in [3.05, 3.63) is 0 Å². The summed E-state index contributed by atoms with van der Waals surface area (Å²) < 4.78 is 9.82. The average Bonchev–Trinajstić information content (AvgIpc) is 2.34. The van der Waals surface area contributed by atoms with Gasteiger partial charge >= 0.3 is 5.97 Å². The molecule has 1 aliphatic rings. The van der Waals surface area contributed by atoms with Crippen LogP contribution < -0.4 is 5.32 Å². The summed E-state index contributed by atoms with van der Waals surface area (Å²) >= 11 is 0. The summed E-state index contributed by atoms with van der Waals surface area (Å²) in [7, 11) is 1.18. The summed E-state index contributed by atoms with van der Waals surface area (Å²) in [6, 6.07) is -1.58. The number of carboxylic acid groups (broad SMARTS) is 1. The SMILES string of the molecule is CO[C@H]1O[C@H]([C@@H](NC(C)=O)C(=O)O)[C@@H](O)[C@H](O)[C@H]1O. The standard InChI is InChI=1S/C10H17NO8/c1-3(12)11-4(9(16)17)8-6(14)5(13)7(15)10(18-2)19-8/h4-8,10,13-15H,1-2H3,(H,11,12)(H,16,17)/t4-,5+,6+,7-,8-,10+/m1/s1. The molecular formula is C10H17NO8. The molecule has 0 bridgehead atoms. The molecule has 1 amide bonds. The van der Waals surface area contributed by atoms with Crippen molar-refractivity contribution in [1.29, 1.82) is 0 Å². The molecule has 5 N–H and O–H groups in total. The second-order valence-electron chi connectivity index (χ2n) is 4.19. The van der Waals surface area contributed by atoms with E-state index < -0.39 is 48.6 Å². The van der Waals surface area contributed by atoms with Crippen LogP contribution in [0.1, 0.15) is 6.92 Å². The van der Waals surface area contributed by atoms with Gasteiger partial charge in [0.05, 0.1) is 0 Å². The lowest BCUT2D eigenvalue weighted by atomic mass is 9.94. The van der Waals surface area contributed by atoms with Gasteiger partial charge in [0, 0.05) is 14.0 Å². The van der Waals surface area contributed by atoms with Crippen LogP contribution in [0.25, 0.3) is 0 Å². The maximum Gasteiger partial charge on any atom is 0.329 e. The van der Waals surface area contributed by atoms with Crippen molar-refractivity contribution in [3.8, 4) is 0 Å². The number of hydrogen-bond acceptors (Lipinski definition) is 7. The zero-order valence-corrected chi connectivity index (χ0v) is 10.4. The van der Waals surface area contributed by atoms with E-state index in [4.69, 9.17) is 14.6 Å². The number of carbonyl (C=O) groups is 2. The van der Waals surface area contributed by atoms with Crippen LogP contribution >= 0.6 is 0 Å². The lowest BCUT2D eigenvalue weighted by Gasteiger charge is -2.41. The number of ether oxygens (including phenoxy) is 2. The van der Waals surface area contributed by atoms with E-state index >= 15 is 0 Å². The number of aliphatic hydroxyl groups is 3. The van der Waals surface area contributed by atoms with Crippen LogP contribution in [0, 0.1) is 0 Å². The number of methoxy groups -OCH3 is 1. The predicted octanol–water partition coefficient (Wildman–Crippen LogP) is -2.97. The fourth-order valence-electron chi connectivity index (χ4n) is 1.85. The van der Waals surface area contributed by atoms with E-state index in [1.165, 1.54) is 7.11 Å². The second kappa shape index (κ2) is 6.26. The number of hydrogen-bond donors (Lipinski definition) is 5. The molecule has 9 nitrogen and oxygen atoms in total. The highest BCUT2D eigenvalue weighted by atomic mass is 16.7. The maximum atomic E-state index is 11.1. The van der Waals surface area contributed by atoms with Gasteiger partial charge in [-0.05, 0) is 0 Å². The number of aliphatic hydroxyl groups excluding tert-OH is 3. The van der Waals surface area contributed by atoms with Gasteiger partial charge in [-0.15, -0.1) is 0 Å². The van der Waals surface area contributed by atoms with Gasteiger partial charge in [-0.3, -0.25) is 4.79 Å². The second-order valence-corrected chi connectivity index (χ2v) is 4.19. The Hall–Kier alpha value is -1.26. The topological polar surface area (TPSA) is 146 Å². The van der Waals surface area contributed by atoms with Crippen LogP contribution in [0.15, 0.2) is 0 Å². The van der Waals surface area contributed by atoms with Crippen molar-refractivity contribution in [3.63, 3.8) is 0 Å². The molecule has 0 aromatic rings. The minimum Gasteiger partial charge on any atom is -0.480 e. The van der Waals surface area contributed by atoms with Crippen LogP contribution in [0.2, 0.25) is 0 Å². The first-order valence-corrected chi connectivity index (χ1v) is 5.52. The van der Waals surface area contributed by atoms with Gasteiger partial charge in [0.2, 0.25) is 5.91 Å². The molecule has 0 aliphatic carbocycles. The largest absolute Gasteiger partial charge is 0.480 e. The summed E-state index contributed by atoms with van der Waals surface area (Å²) in [5.41, 5.74) is 0. The summed E-state index contributed by atoms with van der Waals surface area (Å²) in [4.78, 5) is 22.0. The molecule has 6 atom stereocenters. The minimum atomic E-state index is -1.69. The van der Waals surface area contributed by atoms with E-state index in [-0.39, 0.29) is 0 Å².